The highest BCUT2D eigenvalue weighted by molar-refractivity contribution is 6.31. The molecule has 1 aromatic rings. The molecule has 0 heterocycles. The molecule has 1 amide bonds. The fraction of sp³-hybridized carbons (Fsp3) is 0.462. The van der Waals surface area contributed by atoms with Gasteiger partial charge in [-0.05, 0) is 32.0 Å². The first-order valence-electron chi connectivity index (χ1n) is 6.07. The van der Waals surface area contributed by atoms with E-state index in [2.05, 4.69) is 5.32 Å². The van der Waals surface area contributed by atoms with E-state index in [1.165, 1.54) is 0 Å². The highest BCUT2D eigenvalue weighted by atomic mass is 35.5. The largest absolute Gasteiger partial charge is 0.398 e. The van der Waals surface area contributed by atoms with Crippen LogP contribution in [-0.4, -0.2) is 30.4 Å². The lowest BCUT2D eigenvalue weighted by molar-refractivity contribution is -0.122. The number of likely N-dealkylation sites (N-methyl/N-ethyl adjacent to an activating group) is 1. The molecule has 1 aliphatic carbocycles. The second-order valence-corrected chi connectivity index (χ2v) is 5.23. The number of amides is 1. The van der Waals surface area contributed by atoms with E-state index in [1.807, 2.05) is 30.1 Å². The zero-order valence-corrected chi connectivity index (χ0v) is 11.2. The molecule has 98 valence electrons. The van der Waals surface area contributed by atoms with Crippen LogP contribution in [0.5, 0.6) is 0 Å². The maximum absolute atomic E-state index is 11.6. The van der Waals surface area contributed by atoms with E-state index in [4.69, 9.17) is 17.3 Å². The standard InChI is InChI=1S/C13H18ClN3O/c1-17(8-13(18)16-9-5-6-9)7-10-11(14)3-2-4-12(10)15/h2-4,9H,5-8,15H2,1H3,(H,16,18). The third-order valence-corrected chi connectivity index (χ3v) is 3.29. The number of nitrogens with one attached hydrogen (secondary N) is 1. The van der Waals surface area contributed by atoms with Crippen LogP contribution in [0.25, 0.3) is 0 Å². The van der Waals surface area contributed by atoms with Gasteiger partial charge in [-0.15, -0.1) is 0 Å². The quantitative estimate of drug-likeness (QED) is 0.798. The number of nitrogens with zero attached hydrogens (tertiary/aromatic N) is 1. The van der Waals surface area contributed by atoms with Gasteiger partial charge in [0.2, 0.25) is 5.91 Å². The Hall–Kier alpha value is -1.26. The highest BCUT2D eigenvalue weighted by Gasteiger charge is 2.23. The fourth-order valence-corrected chi connectivity index (χ4v) is 2.06. The molecule has 0 spiro atoms. The summed E-state index contributed by atoms with van der Waals surface area (Å²) in [5.41, 5.74) is 7.42. The molecule has 1 saturated carbocycles. The van der Waals surface area contributed by atoms with Gasteiger partial charge in [0.1, 0.15) is 0 Å². The normalized spacial score (nSPS) is 14.8. The summed E-state index contributed by atoms with van der Waals surface area (Å²) < 4.78 is 0. The smallest absolute Gasteiger partial charge is 0.234 e. The summed E-state index contributed by atoms with van der Waals surface area (Å²) >= 11 is 6.10. The van der Waals surface area contributed by atoms with E-state index in [1.54, 1.807) is 0 Å². The average molecular weight is 268 g/mol. The van der Waals surface area contributed by atoms with Gasteiger partial charge in [0.25, 0.3) is 0 Å². The average Bonchev–Trinajstić information content (AvgIpc) is 3.07. The summed E-state index contributed by atoms with van der Waals surface area (Å²) in [4.78, 5) is 13.6. The van der Waals surface area contributed by atoms with Crippen molar-refractivity contribution in [3.63, 3.8) is 0 Å². The minimum absolute atomic E-state index is 0.0608. The zero-order valence-electron chi connectivity index (χ0n) is 10.4. The van der Waals surface area contributed by atoms with Crippen LogP contribution in [-0.2, 0) is 11.3 Å². The number of carbonyl (C=O) groups is 1. The first-order valence-corrected chi connectivity index (χ1v) is 6.45. The molecule has 1 aliphatic rings. The second kappa shape index (κ2) is 5.59. The van der Waals surface area contributed by atoms with Gasteiger partial charge in [-0.3, -0.25) is 9.69 Å². The third-order valence-electron chi connectivity index (χ3n) is 2.94. The molecule has 5 heteroatoms. The summed E-state index contributed by atoms with van der Waals surface area (Å²) in [5.74, 6) is 0.0608. The third kappa shape index (κ3) is 3.62. The number of hydrogen-bond acceptors (Lipinski definition) is 3. The van der Waals surface area contributed by atoms with E-state index >= 15 is 0 Å². The lowest BCUT2D eigenvalue weighted by atomic mass is 10.1. The van der Waals surface area contributed by atoms with Crippen molar-refractivity contribution in [2.45, 2.75) is 25.4 Å². The van der Waals surface area contributed by atoms with Crippen LogP contribution >= 0.6 is 11.6 Å². The number of anilines is 1. The summed E-state index contributed by atoms with van der Waals surface area (Å²) in [6.07, 6.45) is 2.21. The number of carbonyl (C=O) groups excluding carboxylic acids is 1. The Labute approximate surface area is 112 Å². The van der Waals surface area contributed by atoms with E-state index in [0.717, 1.165) is 18.4 Å². The number of nitrogens with two attached hydrogens (primary N) is 1. The van der Waals surface area contributed by atoms with E-state index < -0.39 is 0 Å². The first-order chi connectivity index (χ1) is 8.56. The van der Waals surface area contributed by atoms with E-state index in [9.17, 15) is 4.79 Å². The number of hydrogen-bond donors (Lipinski definition) is 2. The van der Waals surface area contributed by atoms with Crippen molar-refractivity contribution in [3.8, 4) is 0 Å². The lowest BCUT2D eigenvalue weighted by Gasteiger charge is -2.18. The lowest BCUT2D eigenvalue weighted by Crippen LogP contribution is -2.36. The Morgan fingerprint density at radius 2 is 2.28 bits per heavy atom. The Balaban J connectivity index is 1.89. The summed E-state index contributed by atoms with van der Waals surface area (Å²) in [5, 5.41) is 3.60. The molecule has 1 aromatic carbocycles. The molecule has 1 fully saturated rings. The second-order valence-electron chi connectivity index (χ2n) is 4.82. The molecule has 2 rings (SSSR count). The SMILES string of the molecule is CN(CC(=O)NC1CC1)Cc1c(N)cccc1Cl. The van der Waals surface area contributed by atoms with E-state index in [0.29, 0.717) is 29.8 Å². The van der Waals surface area contributed by atoms with Gasteiger partial charge in [-0.25, -0.2) is 0 Å². The van der Waals surface area contributed by atoms with Gasteiger partial charge >= 0.3 is 0 Å². The summed E-state index contributed by atoms with van der Waals surface area (Å²) in [7, 11) is 1.88. The molecule has 0 saturated heterocycles. The molecule has 0 radical (unpaired) electrons. The first kappa shape index (κ1) is 13.2. The molecule has 0 bridgehead atoms. The van der Waals surface area contributed by atoms with Crippen molar-refractivity contribution in [1.82, 2.24) is 10.2 Å². The number of nitrogen functional groups attached to an aromatic ring is 1. The van der Waals surface area contributed by atoms with Crippen LogP contribution in [0.15, 0.2) is 18.2 Å². The van der Waals surface area contributed by atoms with Crippen LogP contribution in [0.3, 0.4) is 0 Å². The minimum atomic E-state index is 0.0608. The van der Waals surface area contributed by atoms with Crippen molar-refractivity contribution in [1.29, 1.82) is 0 Å². The molecule has 0 atom stereocenters. The Morgan fingerprint density at radius 3 is 2.89 bits per heavy atom. The molecule has 0 unspecified atom stereocenters. The van der Waals surface area contributed by atoms with Crippen LogP contribution in [0.1, 0.15) is 18.4 Å². The summed E-state index contributed by atoms with van der Waals surface area (Å²) in [6.45, 7) is 0.935. The predicted molar refractivity (Wildman–Crippen MR) is 73.4 cm³/mol. The fourth-order valence-electron chi connectivity index (χ4n) is 1.81. The van der Waals surface area contributed by atoms with Gasteiger partial charge in [0.15, 0.2) is 0 Å². The minimum Gasteiger partial charge on any atom is -0.398 e. The van der Waals surface area contributed by atoms with Crippen molar-refractivity contribution in [3.05, 3.63) is 28.8 Å². The molecule has 0 aromatic heterocycles. The topological polar surface area (TPSA) is 58.4 Å². The van der Waals surface area contributed by atoms with Crippen LogP contribution in [0, 0.1) is 0 Å². The molecular formula is C13H18ClN3O. The van der Waals surface area contributed by atoms with Crippen LogP contribution in [0.4, 0.5) is 5.69 Å². The molecule has 18 heavy (non-hydrogen) atoms. The summed E-state index contributed by atoms with van der Waals surface area (Å²) in [6, 6.07) is 5.85. The Morgan fingerprint density at radius 1 is 1.56 bits per heavy atom. The zero-order chi connectivity index (χ0) is 13.1. The maximum atomic E-state index is 11.6. The Bertz CT molecular complexity index is 426. The molecular weight excluding hydrogens is 250 g/mol. The highest BCUT2D eigenvalue weighted by Crippen LogP contribution is 2.23. The van der Waals surface area contributed by atoms with Crippen molar-refractivity contribution in [2.75, 3.05) is 19.3 Å². The van der Waals surface area contributed by atoms with Gasteiger partial charge in [0.05, 0.1) is 6.54 Å². The maximum Gasteiger partial charge on any atom is 0.234 e. The monoisotopic (exact) mass is 267 g/mol. The number of halogens is 1. The van der Waals surface area contributed by atoms with Crippen molar-refractivity contribution < 1.29 is 4.79 Å². The molecule has 0 aliphatic heterocycles. The van der Waals surface area contributed by atoms with Crippen LogP contribution < -0.4 is 11.1 Å². The molecule has 3 N–H and O–H groups in total. The van der Waals surface area contributed by atoms with E-state index in [-0.39, 0.29) is 5.91 Å². The number of benzene rings is 1. The van der Waals surface area contributed by atoms with Crippen LogP contribution in [0.2, 0.25) is 5.02 Å². The number of rotatable bonds is 5. The predicted octanol–water partition coefficient (Wildman–Crippen LogP) is 1.63. The van der Waals surface area contributed by atoms with Crippen molar-refractivity contribution >= 4 is 23.2 Å². The van der Waals surface area contributed by atoms with Crippen molar-refractivity contribution in [2.24, 2.45) is 0 Å². The van der Waals surface area contributed by atoms with Gasteiger partial charge < -0.3 is 11.1 Å². The van der Waals surface area contributed by atoms with Gasteiger partial charge in [-0.1, -0.05) is 17.7 Å². The molecule has 4 nitrogen and oxygen atoms in total. The Kier molecular flexibility index (Phi) is 4.09. The van der Waals surface area contributed by atoms with Gasteiger partial charge in [-0.2, -0.15) is 0 Å². The van der Waals surface area contributed by atoms with Gasteiger partial charge in [0, 0.05) is 28.9 Å².